The molecule has 0 unspecified atom stereocenters. The predicted octanol–water partition coefficient (Wildman–Crippen LogP) is 4.07. The highest BCUT2D eigenvalue weighted by Crippen LogP contribution is 2.44. The fraction of sp³-hybridized carbons (Fsp3) is 0. The van der Waals surface area contributed by atoms with Crippen molar-refractivity contribution < 1.29 is 15.1 Å². The van der Waals surface area contributed by atoms with Gasteiger partial charge in [0.25, 0.3) is 5.69 Å². The third-order valence-electron chi connectivity index (χ3n) is 3.10. The smallest absolute Gasteiger partial charge is 0.271 e. The summed E-state index contributed by atoms with van der Waals surface area (Å²) >= 11 is 6.27. The van der Waals surface area contributed by atoms with Crippen molar-refractivity contribution in [3.05, 3.63) is 43.3 Å². The minimum Gasteiger partial charge on any atom is -0.506 e. The lowest BCUT2D eigenvalue weighted by molar-refractivity contribution is -0.384. The highest BCUT2D eigenvalue weighted by Gasteiger charge is 2.18. The number of aromatic hydroxyl groups is 2. The molecule has 0 aliphatic heterocycles. The molecule has 0 saturated heterocycles. The number of H-pyrrole nitrogens is 1. The molecular formula is C13H7Br2N3O4. The maximum Gasteiger partial charge on any atom is 0.271 e. The first-order chi connectivity index (χ1) is 10.4. The van der Waals surface area contributed by atoms with Crippen molar-refractivity contribution in [2.45, 2.75) is 0 Å². The van der Waals surface area contributed by atoms with Crippen LogP contribution in [-0.2, 0) is 0 Å². The summed E-state index contributed by atoms with van der Waals surface area (Å²) in [6.45, 7) is 0. The van der Waals surface area contributed by atoms with Crippen LogP contribution in [0.3, 0.4) is 0 Å². The number of phenols is 2. The number of nitro groups is 1. The molecule has 9 heteroatoms. The van der Waals surface area contributed by atoms with Gasteiger partial charge in [-0.15, -0.1) is 0 Å². The third kappa shape index (κ3) is 2.32. The van der Waals surface area contributed by atoms with E-state index in [0.717, 1.165) is 0 Å². The van der Waals surface area contributed by atoms with Crippen molar-refractivity contribution >= 4 is 48.6 Å². The van der Waals surface area contributed by atoms with E-state index in [1.54, 1.807) is 0 Å². The maximum absolute atomic E-state index is 10.8. The molecule has 0 aliphatic rings. The van der Waals surface area contributed by atoms with Crippen molar-refractivity contribution in [1.82, 2.24) is 9.97 Å². The van der Waals surface area contributed by atoms with Crippen molar-refractivity contribution in [3.8, 4) is 22.9 Å². The number of hydrogen-bond acceptors (Lipinski definition) is 5. The van der Waals surface area contributed by atoms with Crippen LogP contribution < -0.4 is 0 Å². The summed E-state index contributed by atoms with van der Waals surface area (Å²) in [6.07, 6.45) is 0. The van der Waals surface area contributed by atoms with Crippen LogP contribution in [0.4, 0.5) is 5.69 Å². The highest BCUT2D eigenvalue weighted by molar-refractivity contribution is 9.11. The zero-order valence-corrected chi connectivity index (χ0v) is 13.8. The van der Waals surface area contributed by atoms with Crippen LogP contribution in [0.25, 0.3) is 22.4 Å². The highest BCUT2D eigenvalue weighted by atomic mass is 79.9. The molecule has 0 atom stereocenters. The largest absolute Gasteiger partial charge is 0.506 e. The minimum atomic E-state index is -0.495. The number of benzene rings is 2. The van der Waals surface area contributed by atoms with Gasteiger partial charge >= 0.3 is 0 Å². The number of aromatic nitrogens is 2. The molecule has 3 aromatic rings. The number of halogens is 2. The molecule has 0 saturated carbocycles. The summed E-state index contributed by atoms with van der Waals surface area (Å²) in [7, 11) is 0. The Labute approximate surface area is 140 Å². The Bertz CT molecular complexity index is 923. The maximum atomic E-state index is 10.8. The van der Waals surface area contributed by atoms with E-state index < -0.39 is 4.92 Å². The molecular weight excluding hydrogens is 422 g/mol. The van der Waals surface area contributed by atoms with Crippen molar-refractivity contribution in [2.75, 3.05) is 0 Å². The summed E-state index contributed by atoms with van der Waals surface area (Å²) in [5.41, 5.74) is 1.29. The van der Waals surface area contributed by atoms with Gasteiger partial charge in [-0.2, -0.15) is 0 Å². The first-order valence-electron chi connectivity index (χ1n) is 5.93. The van der Waals surface area contributed by atoms with Crippen molar-refractivity contribution in [3.63, 3.8) is 0 Å². The first-order valence-corrected chi connectivity index (χ1v) is 7.51. The molecule has 3 N–H and O–H groups in total. The van der Waals surface area contributed by atoms with E-state index in [1.807, 2.05) is 0 Å². The lowest BCUT2D eigenvalue weighted by Gasteiger charge is -2.07. The Balaban J connectivity index is 2.21. The molecule has 0 aliphatic carbocycles. The number of aromatic amines is 1. The molecule has 3 rings (SSSR count). The number of phenolic OH excluding ortho intramolecular Hbond substituents is 2. The fourth-order valence-corrected chi connectivity index (χ4v) is 3.14. The molecule has 7 nitrogen and oxygen atoms in total. The summed E-state index contributed by atoms with van der Waals surface area (Å²) in [5.74, 6) is 0.0108. The van der Waals surface area contributed by atoms with Gasteiger partial charge < -0.3 is 15.2 Å². The summed E-state index contributed by atoms with van der Waals surface area (Å²) < 4.78 is 0.502. The molecule has 22 heavy (non-hydrogen) atoms. The molecule has 1 heterocycles. The van der Waals surface area contributed by atoms with Gasteiger partial charge in [-0.3, -0.25) is 10.1 Å². The lowest BCUT2D eigenvalue weighted by Crippen LogP contribution is -1.86. The van der Waals surface area contributed by atoms with Gasteiger partial charge in [0, 0.05) is 12.1 Å². The van der Waals surface area contributed by atoms with Crippen LogP contribution in [0.15, 0.2) is 33.2 Å². The molecule has 0 radical (unpaired) electrons. The SMILES string of the molecule is O=[N+]([O-])c1ccc2nc(-c3cc(Br)c(O)c(Br)c3O)[nH]c2c1. The van der Waals surface area contributed by atoms with E-state index >= 15 is 0 Å². The summed E-state index contributed by atoms with van der Waals surface area (Å²) in [4.78, 5) is 17.5. The average molecular weight is 429 g/mol. The van der Waals surface area contributed by atoms with Gasteiger partial charge in [0.05, 0.1) is 26.0 Å². The Hall–Kier alpha value is -2.13. The Morgan fingerprint density at radius 2 is 1.91 bits per heavy atom. The van der Waals surface area contributed by atoms with Crippen LogP contribution in [-0.4, -0.2) is 25.1 Å². The van der Waals surface area contributed by atoms with Gasteiger partial charge in [-0.25, -0.2) is 4.98 Å². The predicted molar refractivity (Wildman–Crippen MR) is 86.9 cm³/mol. The van der Waals surface area contributed by atoms with Crippen LogP contribution in [0, 0.1) is 10.1 Å². The monoisotopic (exact) mass is 427 g/mol. The van der Waals surface area contributed by atoms with Gasteiger partial charge in [0.2, 0.25) is 0 Å². The molecule has 0 amide bonds. The summed E-state index contributed by atoms with van der Waals surface area (Å²) in [6, 6.07) is 5.75. The van der Waals surface area contributed by atoms with E-state index in [-0.39, 0.29) is 21.7 Å². The number of fused-ring (bicyclic) bond motifs is 1. The van der Waals surface area contributed by atoms with Crippen LogP contribution in [0.2, 0.25) is 0 Å². The van der Waals surface area contributed by atoms with Crippen LogP contribution >= 0.6 is 31.9 Å². The van der Waals surface area contributed by atoms with E-state index in [4.69, 9.17) is 0 Å². The normalized spacial score (nSPS) is 11.0. The number of nitro benzene ring substituents is 1. The van der Waals surface area contributed by atoms with Crippen molar-refractivity contribution in [2.24, 2.45) is 0 Å². The Kier molecular flexibility index (Phi) is 3.53. The van der Waals surface area contributed by atoms with Gasteiger partial charge in [-0.1, -0.05) is 0 Å². The fourth-order valence-electron chi connectivity index (χ4n) is 2.02. The molecule has 0 spiro atoms. The zero-order valence-electron chi connectivity index (χ0n) is 10.7. The number of non-ortho nitro benzene ring substituents is 1. The minimum absolute atomic E-state index is 0.0556. The van der Waals surface area contributed by atoms with E-state index in [1.165, 1.54) is 24.3 Å². The molecule has 112 valence electrons. The second-order valence-electron chi connectivity index (χ2n) is 4.46. The molecule has 0 bridgehead atoms. The number of rotatable bonds is 2. The standard InChI is InChI=1S/C13H7Br2N3O4/c14-7-4-6(11(19)10(15)12(7)20)13-16-8-2-1-5(18(21)22)3-9(8)17-13/h1-4,19-20H,(H,16,17). The van der Waals surface area contributed by atoms with E-state index in [2.05, 4.69) is 41.8 Å². The average Bonchev–Trinajstić information content (AvgIpc) is 2.91. The van der Waals surface area contributed by atoms with Crippen LogP contribution in [0.1, 0.15) is 0 Å². The lowest BCUT2D eigenvalue weighted by atomic mass is 10.2. The van der Waals surface area contributed by atoms with Gasteiger partial charge in [0.15, 0.2) is 0 Å². The number of nitrogens with one attached hydrogen (secondary N) is 1. The Morgan fingerprint density at radius 3 is 2.59 bits per heavy atom. The number of nitrogens with zero attached hydrogens (tertiary/aromatic N) is 2. The number of hydrogen-bond donors (Lipinski definition) is 3. The molecule has 0 fully saturated rings. The van der Waals surface area contributed by atoms with Gasteiger partial charge in [-0.05, 0) is 44.0 Å². The number of imidazole rings is 1. The van der Waals surface area contributed by atoms with Crippen molar-refractivity contribution in [1.29, 1.82) is 0 Å². The second kappa shape index (κ2) is 5.25. The van der Waals surface area contributed by atoms with E-state index in [9.17, 15) is 20.3 Å². The third-order valence-corrected chi connectivity index (χ3v) is 4.46. The van der Waals surface area contributed by atoms with Crippen LogP contribution in [0.5, 0.6) is 11.5 Å². The quantitative estimate of drug-likeness (QED) is 0.420. The topological polar surface area (TPSA) is 112 Å². The molecule has 2 aromatic carbocycles. The zero-order chi connectivity index (χ0) is 16.0. The summed E-state index contributed by atoms with van der Waals surface area (Å²) in [5, 5.41) is 30.7. The van der Waals surface area contributed by atoms with E-state index in [0.29, 0.717) is 26.9 Å². The van der Waals surface area contributed by atoms with Gasteiger partial charge in [0.1, 0.15) is 21.8 Å². The second-order valence-corrected chi connectivity index (χ2v) is 6.11. The Morgan fingerprint density at radius 1 is 1.18 bits per heavy atom. The first kappa shape index (κ1) is 14.8. The molecule has 1 aromatic heterocycles.